The second-order valence-corrected chi connectivity index (χ2v) is 7.50. The highest BCUT2D eigenvalue weighted by Gasteiger charge is 2.28. The Kier molecular flexibility index (Phi) is 4.49. The van der Waals surface area contributed by atoms with Crippen molar-refractivity contribution in [2.75, 3.05) is 13.1 Å². The molecule has 1 aliphatic heterocycles. The summed E-state index contributed by atoms with van der Waals surface area (Å²) in [6.07, 6.45) is 4.30. The Balaban J connectivity index is 1.74. The number of likely N-dealkylation sites (tertiary alicyclic amines) is 1. The summed E-state index contributed by atoms with van der Waals surface area (Å²) in [5.41, 5.74) is 0.925. The lowest BCUT2D eigenvalue weighted by atomic mass is 10.0. The maximum absolute atomic E-state index is 12.7. The monoisotopic (exact) mass is 344 g/mol. The Hall–Kier alpha value is -2.44. The highest BCUT2D eigenvalue weighted by molar-refractivity contribution is 5.76. The van der Waals surface area contributed by atoms with Crippen LogP contribution in [0.25, 0.3) is 10.9 Å². The highest BCUT2D eigenvalue weighted by atomic mass is 16.6. The molecule has 3 rings (SSSR count). The Labute approximate surface area is 146 Å². The zero-order valence-electron chi connectivity index (χ0n) is 15.2. The van der Waals surface area contributed by atoms with Gasteiger partial charge in [0.2, 0.25) is 0 Å². The molecule has 0 atom stereocenters. The number of rotatable bonds is 1. The lowest BCUT2D eigenvalue weighted by Crippen LogP contribution is -2.43. The summed E-state index contributed by atoms with van der Waals surface area (Å²) in [5.74, 6) is 0. The molecule has 0 aliphatic carbocycles. The maximum atomic E-state index is 12.7. The second kappa shape index (κ2) is 6.46. The van der Waals surface area contributed by atoms with Crippen molar-refractivity contribution >= 4 is 17.0 Å². The molecule has 0 spiro atoms. The fraction of sp³-hybridized carbons (Fsp3) is 0.556. The minimum absolute atomic E-state index is 0.0318. The number of carbonyl (C=O) groups is 1. The predicted molar refractivity (Wildman–Crippen MR) is 94.6 cm³/mol. The first kappa shape index (κ1) is 17.4. The lowest BCUT2D eigenvalue weighted by molar-refractivity contribution is 0.0187. The van der Waals surface area contributed by atoms with Crippen molar-refractivity contribution in [2.45, 2.75) is 52.2 Å². The largest absolute Gasteiger partial charge is 0.444 e. The van der Waals surface area contributed by atoms with Gasteiger partial charge in [-0.1, -0.05) is 0 Å². The Morgan fingerprint density at radius 3 is 2.56 bits per heavy atom. The van der Waals surface area contributed by atoms with Gasteiger partial charge in [-0.15, -0.1) is 0 Å². The van der Waals surface area contributed by atoms with E-state index < -0.39 is 5.60 Å². The van der Waals surface area contributed by atoms with Crippen LogP contribution in [0.2, 0.25) is 0 Å². The number of ether oxygens (including phenoxy) is 1. The number of hydrogen-bond acceptors (Lipinski definition) is 5. The van der Waals surface area contributed by atoms with E-state index in [0.29, 0.717) is 36.8 Å². The van der Waals surface area contributed by atoms with E-state index in [0.717, 1.165) is 5.69 Å². The molecule has 0 aromatic carbocycles. The molecule has 1 aliphatic rings. The van der Waals surface area contributed by atoms with E-state index in [4.69, 9.17) is 4.74 Å². The quantitative estimate of drug-likeness (QED) is 0.795. The number of nitrogens with zero attached hydrogens (tertiary/aromatic N) is 4. The molecule has 0 radical (unpaired) electrons. The van der Waals surface area contributed by atoms with Gasteiger partial charge in [0, 0.05) is 31.0 Å². The van der Waals surface area contributed by atoms with Gasteiger partial charge in [-0.25, -0.2) is 9.78 Å². The highest BCUT2D eigenvalue weighted by Crippen LogP contribution is 2.23. The van der Waals surface area contributed by atoms with E-state index in [-0.39, 0.29) is 17.7 Å². The fourth-order valence-corrected chi connectivity index (χ4v) is 3.05. The zero-order valence-corrected chi connectivity index (χ0v) is 15.2. The summed E-state index contributed by atoms with van der Waals surface area (Å²) in [6.45, 7) is 8.57. The summed E-state index contributed by atoms with van der Waals surface area (Å²) < 4.78 is 7.08. The van der Waals surface area contributed by atoms with Crippen molar-refractivity contribution in [3.05, 3.63) is 34.6 Å². The van der Waals surface area contributed by atoms with Crippen LogP contribution in [0.4, 0.5) is 4.79 Å². The standard InChI is InChI=1S/C18H24N4O3/c1-12-9-15-14(10-19-12)16(23)22(11-20-15)13-5-7-21(8-6-13)17(24)25-18(2,3)4/h9-11,13H,5-8H2,1-4H3. The average molecular weight is 344 g/mol. The van der Waals surface area contributed by atoms with Crippen molar-refractivity contribution in [2.24, 2.45) is 0 Å². The number of pyridine rings is 1. The smallest absolute Gasteiger partial charge is 0.410 e. The fourth-order valence-electron chi connectivity index (χ4n) is 3.05. The molecule has 3 heterocycles. The minimum atomic E-state index is -0.502. The van der Waals surface area contributed by atoms with Gasteiger partial charge in [-0.2, -0.15) is 0 Å². The van der Waals surface area contributed by atoms with E-state index in [9.17, 15) is 9.59 Å². The predicted octanol–water partition coefficient (Wildman–Crippen LogP) is 2.67. The van der Waals surface area contributed by atoms with Crippen LogP contribution in [0.15, 0.2) is 23.4 Å². The van der Waals surface area contributed by atoms with Gasteiger partial charge in [0.25, 0.3) is 5.56 Å². The summed E-state index contributed by atoms with van der Waals surface area (Å²) in [5, 5.41) is 0.530. The van der Waals surface area contributed by atoms with E-state index in [1.54, 1.807) is 22.0 Å². The summed E-state index contributed by atoms with van der Waals surface area (Å²) in [6, 6.07) is 1.84. The molecule has 0 N–H and O–H groups in total. The molecule has 2 aromatic heterocycles. The van der Waals surface area contributed by atoms with Crippen LogP contribution >= 0.6 is 0 Å². The van der Waals surface area contributed by atoms with Crippen LogP contribution in [-0.4, -0.2) is 44.2 Å². The van der Waals surface area contributed by atoms with Crippen LogP contribution in [0.3, 0.4) is 0 Å². The molecular formula is C18H24N4O3. The third-order valence-corrected chi connectivity index (χ3v) is 4.31. The van der Waals surface area contributed by atoms with Gasteiger partial charge >= 0.3 is 6.09 Å². The molecule has 1 saturated heterocycles. The molecule has 0 saturated carbocycles. The number of aromatic nitrogens is 3. The van der Waals surface area contributed by atoms with Crippen LogP contribution in [0.5, 0.6) is 0 Å². The van der Waals surface area contributed by atoms with Gasteiger partial charge < -0.3 is 9.64 Å². The third-order valence-electron chi connectivity index (χ3n) is 4.31. The van der Waals surface area contributed by atoms with Gasteiger partial charge in [0.05, 0.1) is 17.2 Å². The van der Waals surface area contributed by atoms with E-state index in [2.05, 4.69) is 9.97 Å². The summed E-state index contributed by atoms with van der Waals surface area (Å²) in [4.78, 5) is 35.2. The van der Waals surface area contributed by atoms with Gasteiger partial charge in [-0.05, 0) is 46.6 Å². The molecule has 25 heavy (non-hydrogen) atoms. The van der Waals surface area contributed by atoms with E-state index in [1.165, 1.54) is 0 Å². The Morgan fingerprint density at radius 2 is 1.92 bits per heavy atom. The van der Waals surface area contributed by atoms with Crippen molar-refractivity contribution in [3.8, 4) is 0 Å². The molecule has 134 valence electrons. The lowest BCUT2D eigenvalue weighted by Gasteiger charge is -2.34. The number of hydrogen-bond donors (Lipinski definition) is 0. The van der Waals surface area contributed by atoms with Gasteiger partial charge in [0.15, 0.2) is 0 Å². The van der Waals surface area contributed by atoms with Gasteiger partial charge in [0.1, 0.15) is 5.60 Å². The first-order valence-electron chi connectivity index (χ1n) is 8.56. The number of piperidine rings is 1. The van der Waals surface area contributed by atoms with Crippen molar-refractivity contribution in [1.82, 2.24) is 19.4 Å². The summed E-state index contributed by atoms with van der Waals surface area (Å²) in [7, 11) is 0. The molecule has 0 bridgehead atoms. The number of fused-ring (bicyclic) bond motifs is 1. The third kappa shape index (κ3) is 3.81. The molecule has 1 amide bonds. The van der Waals surface area contributed by atoms with Crippen molar-refractivity contribution in [1.29, 1.82) is 0 Å². The van der Waals surface area contributed by atoms with Crippen molar-refractivity contribution < 1.29 is 9.53 Å². The first-order chi connectivity index (χ1) is 11.7. The number of aryl methyl sites for hydroxylation is 1. The molecule has 7 nitrogen and oxygen atoms in total. The molecular weight excluding hydrogens is 320 g/mol. The van der Waals surface area contributed by atoms with Crippen LogP contribution in [0, 0.1) is 6.92 Å². The van der Waals surface area contributed by atoms with Crippen molar-refractivity contribution in [3.63, 3.8) is 0 Å². The first-order valence-corrected chi connectivity index (χ1v) is 8.56. The van der Waals surface area contributed by atoms with Gasteiger partial charge in [-0.3, -0.25) is 14.3 Å². The minimum Gasteiger partial charge on any atom is -0.444 e. The Morgan fingerprint density at radius 1 is 1.24 bits per heavy atom. The van der Waals surface area contributed by atoms with E-state index >= 15 is 0 Å². The molecule has 1 fully saturated rings. The molecule has 7 heteroatoms. The maximum Gasteiger partial charge on any atom is 0.410 e. The zero-order chi connectivity index (χ0) is 18.2. The normalized spacial score (nSPS) is 16.2. The summed E-state index contributed by atoms with van der Waals surface area (Å²) >= 11 is 0. The van der Waals surface area contributed by atoms with Crippen LogP contribution < -0.4 is 5.56 Å². The second-order valence-electron chi connectivity index (χ2n) is 7.50. The number of carbonyl (C=O) groups excluding carboxylic acids is 1. The Bertz CT molecular complexity index is 846. The molecule has 0 unspecified atom stereocenters. The van der Waals surface area contributed by atoms with E-state index in [1.807, 2.05) is 33.8 Å². The average Bonchev–Trinajstić information content (AvgIpc) is 2.53. The molecule has 2 aromatic rings. The topological polar surface area (TPSA) is 77.3 Å². The van der Waals surface area contributed by atoms with Crippen LogP contribution in [-0.2, 0) is 4.74 Å². The number of amides is 1. The SMILES string of the molecule is Cc1cc2ncn(C3CCN(C(=O)OC(C)(C)C)CC3)c(=O)c2cn1. The van der Waals surface area contributed by atoms with Crippen LogP contribution in [0.1, 0.15) is 45.3 Å².